The minimum atomic E-state index is -4.23. The Morgan fingerprint density at radius 1 is 1.29 bits per heavy atom. The third-order valence-electron chi connectivity index (χ3n) is 5.35. The Morgan fingerprint density at radius 2 is 1.96 bits per heavy atom. The smallest absolute Gasteiger partial charge is 0.303 e. The number of likely N-dealkylation sites (N-methyl/N-ethyl adjacent to an activating group) is 1. The summed E-state index contributed by atoms with van der Waals surface area (Å²) in [6.07, 6.45) is 3.35. The lowest BCUT2D eigenvalue weighted by molar-refractivity contribution is -0.137. The summed E-state index contributed by atoms with van der Waals surface area (Å²) in [6.45, 7) is 4.20. The molecule has 0 saturated carbocycles. The maximum Gasteiger partial charge on any atom is 0.303 e. The molecule has 1 aromatic carbocycles. The summed E-state index contributed by atoms with van der Waals surface area (Å²) in [5, 5.41) is 8.70. The van der Waals surface area contributed by atoms with E-state index in [9.17, 15) is 17.8 Å². The fourth-order valence-electron chi connectivity index (χ4n) is 3.59. The predicted molar refractivity (Wildman–Crippen MR) is 92.2 cm³/mol. The number of aliphatic carboxylic acids is 1. The Bertz CT molecular complexity index is 730. The summed E-state index contributed by atoms with van der Waals surface area (Å²) in [7, 11) is -2.25. The SMILES string of the molecule is CC1N(C)c2ccc(S(=O)(=O)O)cc2C1(C)CCCCCC(=O)O. The zero-order valence-electron chi connectivity index (χ0n) is 14.3. The van der Waals surface area contributed by atoms with E-state index in [2.05, 4.69) is 18.7 Å². The second-order valence-corrected chi connectivity index (χ2v) is 8.23. The van der Waals surface area contributed by atoms with Crippen molar-refractivity contribution in [2.24, 2.45) is 0 Å². The van der Waals surface area contributed by atoms with Gasteiger partial charge < -0.3 is 10.0 Å². The normalized spacial score (nSPS) is 23.3. The highest BCUT2D eigenvalue weighted by molar-refractivity contribution is 7.85. The van der Waals surface area contributed by atoms with Gasteiger partial charge in [0.25, 0.3) is 10.1 Å². The number of rotatable bonds is 7. The second kappa shape index (κ2) is 6.72. The molecule has 0 aromatic heterocycles. The molecule has 2 rings (SSSR count). The molecule has 24 heavy (non-hydrogen) atoms. The van der Waals surface area contributed by atoms with Crippen molar-refractivity contribution in [3.63, 3.8) is 0 Å². The van der Waals surface area contributed by atoms with Crippen LogP contribution in [0.2, 0.25) is 0 Å². The largest absolute Gasteiger partial charge is 0.481 e. The zero-order chi connectivity index (χ0) is 18.1. The number of anilines is 1. The predicted octanol–water partition coefficient (Wildman–Crippen LogP) is 3.06. The van der Waals surface area contributed by atoms with Crippen LogP contribution in [0.15, 0.2) is 23.1 Å². The average Bonchev–Trinajstić information content (AvgIpc) is 2.68. The number of carboxylic acids is 1. The lowest BCUT2D eigenvalue weighted by Gasteiger charge is -2.33. The number of unbranched alkanes of at least 4 members (excludes halogenated alkanes) is 2. The molecule has 1 aliphatic rings. The van der Waals surface area contributed by atoms with Crippen LogP contribution < -0.4 is 4.90 Å². The lowest BCUT2D eigenvalue weighted by atomic mass is 9.75. The minimum Gasteiger partial charge on any atom is -0.481 e. The molecule has 0 aliphatic carbocycles. The van der Waals surface area contributed by atoms with Gasteiger partial charge in [0.1, 0.15) is 0 Å². The van der Waals surface area contributed by atoms with Crippen LogP contribution in [0.3, 0.4) is 0 Å². The summed E-state index contributed by atoms with van der Waals surface area (Å²) < 4.78 is 32.2. The van der Waals surface area contributed by atoms with Crippen LogP contribution in [-0.4, -0.2) is 37.1 Å². The standard InChI is InChI=1S/C17H25NO5S/c1-12-17(2,10-6-4-5-7-16(19)20)14-11-13(24(21,22)23)8-9-15(14)18(12)3/h8-9,11-12H,4-7,10H2,1-3H3,(H,19,20)(H,21,22,23). The molecule has 6 nitrogen and oxygen atoms in total. The van der Waals surface area contributed by atoms with E-state index in [0.29, 0.717) is 6.42 Å². The van der Waals surface area contributed by atoms with E-state index < -0.39 is 16.1 Å². The fraction of sp³-hybridized carbons (Fsp3) is 0.588. The highest BCUT2D eigenvalue weighted by atomic mass is 32.2. The highest BCUT2D eigenvalue weighted by Gasteiger charge is 2.43. The van der Waals surface area contributed by atoms with Gasteiger partial charge in [-0.25, -0.2) is 0 Å². The van der Waals surface area contributed by atoms with Crippen molar-refractivity contribution in [2.45, 2.75) is 62.3 Å². The van der Waals surface area contributed by atoms with Crippen molar-refractivity contribution in [1.29, 1.82) is 0 Å². The van der Waals surface area contributed by atoms with Gasteiger partial charge in [0.15, 0.2) is 0 Å². The first-order valence-electron chi connectivity index (χ1n) is 8.14. The Kier molecular flexibility index (Phi) is 5.25. The van der Waals surface area contributed by atoms with Gasteiger partial charge in [-0.2, -0.15) is 8.42 Å². The van der Waals surface area contributed by atoms with E-state index in [1.807, 2.05) is 7.05 Å². The van der Waals surface area contributed by atoms with Crippen molar-refractivity contribution in [3.05, 3.63) is 23.8 Å². The second-order valence-electron chi connectivity index (χ2n) is 6.81. The molecule has 0 bridgehead atoms. The first-order valence-corrected chi connectivity index (χ1v) is 9.58. The Balaban J connectivity index is 2.23. The highest BCUT2D eigenvalue weighted by Crippen LogP contribution is 2.48. The quantitative estimate of drug-likeness (QED) is 0.576. The molecule has 0 fully saturated rings. The summed E-state index contributed by atoms with van der Waals surface area (Å²) in [5.41, 5.74) is 1.65. The lowest BCUT2D eigenvalue weighted by Crippen LogP contribution is -2.38. The number of fused-ring (bicyclic) bond motifs is 1. The number of nitrogens with zero attached hydrogens (tertiary/aromatic N) is 1. The van der Waals surface area contributed by atoms with Crippen molar-refractivity contribution in [1.82, 2.24) is 0 Å². The molecule has 1 heterocycles. The van der Waals surface area contributed by atoms with Crippen molar-refractivity contribution in [2.75, 3.05) is 11.9 Å². The van der Waals surface area contributed by atoms with Crippen molar-refractivity contribution in [3.8, 4) is 0 Å². The number of hydrogen-bond acceptors (Lipinski definition) is 4. The van der Waals surface area contributed by atoms with Gasteiger partial charge in [-0.15, -0.1) is 0 Å². The van der Waals surface area contributed by atoms with Crippen LogP contribution in [0, 0.1) is 0 Å². The number of carboxylic acid groups (broad SMARTS) is 1. The van der Waals surface area contributed by atoms with E-state index in [4.69, 9.17) is 5.11 Å². The van der Waals surface area contributed by atoms with E-state index >= 15 is 0 Å². The third-order valence-corrected chi connectivity index (χ3v) is 6.20. The van der Waals surface area contributed by atoms with Crippen molar-refractivity contribution < 1.29 is 22.9 Å². The average molecular weight is 355 g/mol. The van der Waals surface area contributed by atoms with E-state index in [1.165, 1.54) is 6.07 Å². The molecule has 2 atom stereocenters. The molecular formula is C17H25NO5S. The summed E-state index contributed by atoms with van der Waals surface area (Å²) in [5.74, 6) is -0.779. The third kappa shape index (κ3) is 3.57. The van der Waals surface area contributed by atoms with Gasteiger partial charge in [0.2, 0.25) is 0 Å². The molecule has 0 spiro atoms. The van der Waals surface area contributed by atoms with Crippen LogP contribution in [0.1, 0.15) is 51.5 Å². The monoisotopic (exact) mass is 355 g/mol. The number of benzene rings is 1. The molecule has 1 aliphatic heterocycles. The van der Waals surface area contributed by atoms with Crippen LogP contribution in [-0.2, 0) is 20.3 Å². The molecule has 1 aromatic rings. The van der Waals surface area contributed by atoms with Gasteiger partial charge in [-0.1, -0.05) is 19.8 Å². The maximum absolute atomic E-state index is 11.5. The maximum atomic E-state index is 11.5. The van der Waals surface area contributed by atoms with E-state index in [-0.39, 0.29) is 22.8 Å². The number of hydrogen-bond donors (Lipinski definition) is 2. The first kappa shape index (κ1) is 18.7. The van der Waals surface area contributed by atoms with Crippen molar-refractivity contribution >= 4 is 21.8 Å². The van der Waals surface area contributed by atoms with E-state index in [0.717, 1.165) is 30.5 Å². The molecule has 134 valence electrons. The fourth-order valence-corrected chi connectivity index (χ4v) is 4.10. The van der Waals surface area contributed by atoms with Crippen LogP contribution in [0.25, 0.3) is 0 Å². The van der Waals surface area contributed by atoms with Gasteiger partial charge in [0.05, 0.1) is 4.90 Å². The van der Waals surface area contributed by atoms with Gasteiger partial charge in [-0.3, -0.25) is 9.35 Å². The summed E-state index contributed by atoms with van der Waals surface area (Å²) in [4.78, 5) is 12.6. The van der Waals surface area contributed by atoms with Gasteiger partial charge in [-0.05, 0) is 43.5 Å². The van der Waals surface area contributed by atoms with Crippen LogP contribution in [0.5, 0.6) is 0 Å². The minimum absolute atomic E-state index is 0.0825. The number of carbonyl (C=O) groups is 1. The Hall–Kier alpha value is -1.60. The molecule has 0 saturated heterocycles. The molecule has 0 radical (unpaired) electrons. The molecule has 2 N–H and O–H groups in total. The first-order chi connectivity index (χ1) is 11.1. The van der Waals surface area contributed by atoms with E-state index in [1.54, 1.807) is 12.1 Å². The Labute approximate surface area is 143 Å². The zero-order valence-corrected chi connectivity index (χ0v) is 15.1. The molecule has 2 unspecified atom stereocenters. The molecular weight excluding hydrogens is 330 g/mol. The summed E-state index contributed by atoms with van der Waals surface area (Å²) >= 11 is 0. The Morgan fingerprint density at radius 3 is 2.54 bits per heavy atom. The summed E-state index contributed by atoms with van der Waals surface area (Å²) in [6, 6.07) is 4.92. The molecule has 0 amide bonds. The van der Waals surface area contributed by atoms with Crippen LogP contribution in [0.4, 0.5) is 5.69 Å². The van der Waals surface area contributed by atoms with Crippen LogP contribution >= 0.6 is 0 Å². The van der Waals surface area contributed by atoms with Gasteiger partial charge in [0, 0.05) is 30.6 Å². The van der Waals surface area contributed by atoms with Gasteiger partial charge >= 0.3 is 5.97 Å². The molecule has 7 heteroatoms. The topological polar surface area (TPSA) is 94.9 Å².